The van der Waals surface area contributed by atoms with E-state index in [1.54, 1.807) is 6.07 Å². The second-order valence-corrected chi connectivity index (χ2v) is 7.58. The first kappa shape index (κ1) is 17.7. The van der Waals surface area contributed by atoms with Crippen molar-refractivity contribution in [3.63, 3.8) is 0 Å². The van der Waals surface area contributed by atoms with Gasteiger partial charge in [-0.25, -0.2) is 0 Å². The Morgan fingerprint density at radius 2 is 1.86 bits per heavy atom. The third-order valence-corrected chi connectivity index (χ3v) is 5.76. The second-order valence-electron chi connectivity index (χ2n) is 7.58. The van der Waals surface area contributed by atoms with Crippen LogP contribution in [0.3, 0.4) is 0 Å². The third kappa shape index (κ3) is 2.85. The van der Waals surface area contributed by atoms with Gasteiger partial charge in [-0.05, 0) is 18.9 Å². The molecule has 7 heteroatoms. The number of carbonyl (C=O) groups excluding carboxylic acids is 1. The lowest BCUT2D eigenvalue weighted by atomic mass is 9.86. The van der Waals surface area contributed by atoms with E-state index >= 15 is 0 Å². The smallest absolute Gasteiger partial charge is 0.322 e. The van der Waals surface area contributed by atoms with Crippen molar-refractivity contribution < 1.29 is 19.2 Å². The van der Waals surface area contributed by atoms with E-state index in [2.05, 4.69) is 15.4 Å². The molecule has 3 aromatic rings. The minimum atomic E-state index is -0.983. The van der Waals surface area contributed by atoms with Crippen molar-refractivity contribution in [1.29, 1.82) is 0 Å². The Kier molecular flexibility index (Phi) is 4.23. The lowest BCUT2D eigenvalue weighted by Gasteiger charge is -2.25. The normalized spacial score (nSPS) is 15.9. The molecule has 0 amide bonds. The number of fused-ring (bicyclic) bond motifs is 2. The molecule has 0 unspecified atom stereocenters. The molecule has 1 aromatic heterocycles. The molecule has 2 heterocycles. The summed E-state index contributed by atoms with van der Waals surface area (Å²) in [5.41, 5.74) is 3.78. The highest BCUT2D eigenvalue weighted by molar-refractivity contribution is 6.28. The Morgan fingerprint density at radius 3 is 2.59 bits per heavy atom. The van der Waals surface area contributed by atoms with Crippen LogP contribution in [0.15, 0.2) is 34.9 Å². The van der Waals surface area contributed by atoms with E-state index in [9.17, 15) is 14.7 Å². The molecule has 2 aliphatic rings. The molecule has 1 fully saturated rings. The number of rotatable bonds is 4. The number of anilines is 2. The number of carboxylic acids is 1. The number of nitrogens with one attached hydrogen (secondary N) is 1. The minimum Gasteiger partial charge on any atom is -0.480 e. The van der Waals surface area contributed by atoms with Crippen molar-refractivity contribution in [3.05, 3.63) is 41.5 Å². The van der Waals surface area contributed by atoms with Gasteiger partial charge in [0.2, 0.25) is 0 Å². The number of carbonyl (C=O) groups is 2. The molecule has 1 saturated heterocycles. The van der Waals surface area contributed by atoms with E-state index in [1.807, 2.05) is 24.3 Å². The predicted octanol–water partition coefficient (Wildman–Crippen LogP) is 3.92. The summed E-state index contributed by atoms with van der Waals surface area (Å²) < 4.78 is 5.74. The van der Waals surface area contributed by atoms with Crippen LogP contribution in [0.1, 0.15) is 41.6 Å². The van der Waals surface area contributed by atoms with Crippen LogP contribution in [-0.2, 0) is 4.79 Å². The van der Waals surface area contributed by atoms with Gasteiger partial charge in [-0.1, -0.05) is 42.3 Å². The third-order valence-electron chi connectivity index (χ3n) is 5.76. The van der Waals surface area contributed by atoms with Crippen LogP contribution in [0, 0.1) is 0 Å². The second kappa shape index (κ2) is 6.92. The summed E-state index contributed by atoms with van der Waals surface area (Å²) in [7, 11) is 0. The van der Waals surface area contributed by atoms with E-state index < -0.39 is 5.97 Å². The molecule has 2 N–H and O–H groups in total. The summed E-state index contributed by atoms with van der Waals surface area (Å²) in [6.45, 7) is 1.53. The zero-order valence-corrected chi connectivity index (χ0v) is 15.9. The molecule has 2 aromatic carbocycles. The van der Waals surface area contributed by atoms with E-state index in [4.69, 9.17) is 4.52 Å². The van der Waals surface area contributed by atoms with Gasteiger partial charge in [0, 0.05) is 29.9 Å². The molecular weight excluding hydrogens is 370 g/mol. The maximum absolute atomic E-state index is 13.3. The van der Waals surface area contributed by atoms with Gasteiger partial charge in [-0.15, -0.1) is 0 Å². The molecule has 0 bridgehead atoms. The van der Waals surface area contributed by atoms with Crippen molar-refractivity contribution in [2.24, 2.45) is 0 Å². The van der Waals surface area contributed by atoms with Gasteiger partial charge >= 0.3 is 5.97 Å². The fourth-order valence-corrected chi connectivity index (χ4v) is 4.41. The molecule has 0 radical (unpaired) electrons. The van der Waals surface area contributed by atoms with E-state index in [-0.39, 0.29) is 12.3 Å². The highest BCUT2D eigenvalue weighted by Crippen LogP contribution is 2.45. The average molecular weight is 391 g/mol. The Hall–Kier alpha value is -3.35. The summed E-state index contributed by atoms with van der Waals surface area (Å²) in [5, 5.41) is 17.1. The summed E-state index contributed by atoms with van der Waals surface area (Å²) in [4.78, 5) is 26.8. The van der Waals surface area contributed by atoms with Crippen LogP contribution < -0.4 is 10.2 Å². The first-order chi connectivity index (χ1) is 14.1. The lowest BCUT2D eigenvalue weighted by Crippen LogP contribution is -2.25. The summed E-state index contributed by atoms with van der Waals surface area (Å²) >= 11 is 0. The summed E-state index contributed by atoms with van der Waals surface area (Å²) in [6, 6.07) is 9.17. The Bertz CT molecular complexity index is 1130. The van der Waals surface area contributed by atoms with E-state index in [0.29, 0.717) is 33.5 Å². The molecular formula is C22H21N3O4. The van der Waals surface area contributed by atoms with Crippen LogP contribution in [0.4, 0.5) is 11.4 Å². The van der Waals surface area contributed by atoms with Crippen LogP contribution in [0.25, 0.3) is 22.2 Å². The summed E-state index contributed by atoms with van der Waals surface area (Å²) in [6.07, 6.45) is 4.57. The topological polar surface area (TPSA) is 95.7 Å². The number of hydrogen-bond acceptors (Lipinski definition) is 6. The molecule has 0 saturated carbocycles. The molecule has 148 valence electrons. The van der Waals surface area contributed by atoms with Crippen molar-refractivity contribution in [2.75, 3.05) is 29.9 Å². The maximum atomic E-state index is 13.3. The number of aromatic nitrogens is 1. The number of carboxylic acid groups (broad SMARTS) is 1. The zero-order chi connectivity index (χ0) is 20.0. The SMILES string of the molecule is O=C(O)CNc1cc(N2CCCCCC2)c2noc3c2c1C(=O)c1ccccc1-3. The van der Waals surface area contributed by atoms with Gasteiger partial charge in [0.1, 0.15) is 12.1 Å². The number of ketones is 1. The number of aliphatic carboxylic acids is 1. The fourth-order valence-electron chi connectivity index (χ4n) is 4.41. The fraction of sp³-hybridized carbons (Fsp3) is 0.318. The highest BCUT2D eigenvalue weighted by atomic mass is 16.5. The van der Waals surface area contributed by atoms with Crippen LogP contribution in [0.5, 0.6) is 0 Å². The predicted molar refractivity (Wildman–Crippen MR) is 110 cm³/mol. The quantitative estimate of drug-likeness (QED) is 0.544. The van der Waals surface area contributed by atoms with Gasteiger partial charge in [-0.3, -0.25) is 9.59 Å². The first-order valence-electron chi connectivity index (χ1n) is 9.96. The Morgan fingerprint density at radius 1 is 1.14 bits per heavy atom. The molecule has 5 rings (SSSR count). The molecule has 7 nitrogen and oxygen atoms in total. The van der Waals surface area contributed by atoms with Crippen molar-refractivity contribution in [3.8, 4) is 11.3 Å². The van der Waals surface area contributed by atoms with Gasteiger partial charge < -0.3 is 19.8 Å². The van der Waals surface area contributed by atoms with E-state index in [1.165, 1.54) is 12.8 Å². The van der Waals surface area contributed by atoms with Crippen LogP contribution >= 0.6 is 0 Å². The van der Waals surface area contributed by atoms with Gasteiger partial charge in [-0.2, -0.15) is 0 Å². The maximum Gasteiger partial charge on any atom is 0.322 e. The molecule has 0 spiro atoms. The Labute approximate surface area is 167 Å². The monoisotopic (exact) mass is 391 g/mol. The largest absolute Gasteiger partial charge is 0.480 e. The van der Waals surface area contributed by atoms with Gasteiger partial charge in [0.05, 0.1) is 16.6 Å². The highest BCUT2D eigenvalue weighted by Gasteiger charge is 2.33. The molecule has 1 aliphatic carbocycles. The number of nitrogens with zero attached hydrogens (tertiary/aromatic N) is 2. The van der Waals surface area contributed by atoms with Gasteiger partial charge in [0.15, 0.2) is 11.5 Å². The molecule has 0 atom stereocenters. The van der Waals surface area contributed by atoms with E-state index in [0.717, 1.165) is 37.2 Å². The van der Waals surface area contributed by atoms with Crippen molar-refractivity contribution >= 4 is 34.0 Å². The number of hydrogen-bond donors (Lipinski definition) is 2. The standard InChI is InChI=1S/C22H21N3O4/c26-17(27)12-23-15-11-16(25-9-5-1-2-6-10-25)20-19-18(15)21(28)13-7-3-4-8-14(13)22(19)29-24-20/h3-4,7-8,11,23H,1-2,5-6,9-10,12H2,(H,26,27). The minimum absolute atomic E-state index is 0.142. The lowest BCUT2D eigenvalue weighted by molar-refractivity contribution is -0.134. The molecule has 1 aliphatic heterocycles. The Balaban J connectivity index is 1.76. The molecule has 29 heavy (non-hydrogen) atoms. The summed E-state index contributed by atoms with van der Waals surface area (Å²) in [5.74, 6) is -0.556. The first-order valence-corrected chi connectivity index (χ1v) is 9.96. The number of benzene rings is 2. The average Bonchev–Trinajstić information content (AvgIpc) is 2.98. The van der Waals surface area contributed by atoms with Crippen LogP contribution in [0.2, 0.25) is 0 Å². The van der Waals surface area contributed by atoms with Crippen molar-refractivity contribution in [2.45, 2.75) is 25.7 Å². The van der Waals surface area contributed by atoms with Crippen molar-refractivity contribution in [1.82, 2.24) is 5.16 Å². The van der Waals surface area contributed by atoms with Crippen LogP contribution in [-0.4, -0.2) is 41.7 Å². The van der Waals surface area contributed by atoms with Gasteiger partial charge in [0.25, 0.3) is 0 Å². The zero-order valence-electron chi connectivity index (χ0n) is 15.9.